The molecule has 0 aliphatic rings. The van der Waals surface area contributed by atoms with Crippen molar-refractivity contribution < 1.29 is 4.42 Å². The summed E-state index contributed by atoms with van der Waals surface area (Å²) in [6, 6.07) is 72.3. The molecule has 0 fully saturated rings. The van der Waals surface area contributed by atoms with Crippen LogP contribution in [-0.2, 0) is 0 Å². The highest BCUT2D eigenvalue weighted by Crippen LogP contribution is 2.44. The molecule has 0 radical (unpaired) electrons. The first kappa shape index (κ1) is 30.5. The second-order valence-electron chi connectivity index (χ2n) is 14.1. The first-order chi connectivity index (χ1) is 26.8. The fraction of sp³-hybridized carbons (Fsp3) is 0. The zero-order chi connectivity index (χ0) is 35.6. The third kappa shape index (κ3) is 4.88. The number of anilines is 3. The van der Waals surface area contributed by atoms with E-state index in [1.165, 1.54) is 65.3 Å². The van der Waals surface area contributed by atoms with E-state index < -0.39 is 0 Å². The van der Waals surface area contributed by atoms with Crippen molar-refractivity contribution in [2.45, 2.75) is 0 Å². The molecule has 2 nitrogen and oxygen atoms in total. The van der Waals surface area contributed by atoms with Crippen molar-refractivity contribution in [1.82, 2.24) is 0 Å². The second-order valence-corrected chi connectivity index (χ2v) is 14.1. The summed E-state index contributed by atoms with van der Waals surface area (Å²) in [5.41, 5.74) is 9.82. The van der Waals surface area contributed by atoms with Crippen LogP contribution < -0.4 is 4.90 Å². The number of hydrogen-bond acceptors (Lipinski definition) is 2. The Morgan fingerprint density at radius 3 is 1.83 bits per heavy atom. The van der Waals surface area contributed by atoms with Crippen molar-refractivity contribution >= 4 is 82.1 Å². The molecule has 252 valence electrons. The Kier molecular flexibility index (Phi) is 6.90. The van der Waals surface area contributed by atoms with E-state index in [0.717, 1.165) is 39.0 Å². The molecule has 0 amide bonds. The Bertz CT molecular complexity index is 3210. The Morgan fingerprint density at radius 1 is 0.315 bits per heavy atom. The van der Waals surface area contributed by atoms with Gasteiger partial charge in [-0.15, -0.1) is 0 Å². The number of para-hydroxylation sites is 2. The molecule has 0 atom stereocenters. The molecule has 11 aromatic rings. The number of nitrogens with zero attached hydrogens (tertiary/aromatic N) is 1. The Balaban J connectivity index is 1.07. The molecule has 1 aromatic heterocycles. The van der Waals surface area contributed by atoms with E-state index in [-0.39, 0.29) is 0 Å². The standard InChI is InChI=1S/C52H33NO/c1-2-10-35(11-3-1)43-13-6-8-16-48(43)53(42-29-24-37-26-31-50-52(47(37)33-42)46-15-7-9-17-49(46)54-50)41-27-22-34(23-28-41)39-25-30-45-40(32-39)21-20-38-19-18-36-12-4-5-14-44(36)51(38)45/h1-33H. The molecule has 0 aliphatic heterocycles. The maximum atomic E-state index is 6.32. The molecule has 11 rings (SSSR count). The topological polar surface area (TPSA) is 16.4 Å². The molecule has 0 saturated heterocycles. The highest BCUT2D eigenvalue weighted by atomic mass is 16.3. The van der Waals surface area contributed by atoms with Gasteiger partial charge in [0.25, 0.3) is 0 Å². The van der Waals surface area contributed by atoms with E-state index in [1.807, 2.05) is 6.07 Å². The third-order valence-corrected chi connectivity index (χ3v) is 11.0. The Labute approximate surface area is 312 Å². The van der Waals surface area contributed by atoms with Crippen LogP contribution in [0.4, 0.5) is 17.1 Å². The number of hydrogen-bond donors (Lipinski definition) is 0. The molecule has 0 unspecified atom stereocenters. The molecule has 0 saturated carbocycles. The lowest BCUT2D eigenvalue weighted by Crippen LogP contribution is -2.11. The molecular weight excluding hydrogens is 655 g/mol. The lowest BCUT2D eigenvalue weighted by molar-refractivity contribution is 0.669. The van der Waals surface area contributed by atoms with E-state index >= 15 is 0 Å². The minimum absolute atomic E-state index is 0.901. The SMILES string of the molecule is c1ccc(-c2ccccc2N(c2ccc(-c3ccc4c(ccc5ccc6ccccc6c54)c3)cc2)c2ccc3ccc4oc5ccccc5c4c3c2)cc1. The summed E-state index contributed by atoms with van der Waals surface area (Å²) >= 11 is 0. The summed E-state index contributed by atoms with van der Waals surface area (Å²) < 4.78 is 6.32. The van der Waals surface area contributed by atoms with Gasteiger partial charge in [0.05, 0.1) is 5.69 Å². The molecule has 10 aromatic carbocycles. The highest BCUT2D eigenvalue weighted by Gasteiger charge is 2.19. The molecule has 54 heavy (non-hydrogen) atoms. The van der Waals surface area contributed by atoms with Gasteiger partial charge >= 0.3 is 0 Å². The molecule has 0 aliphatic carbocycles. The van der Waals surface area contributed by atoms with Crippen molar-refractivity contribution in [2.24, 2.45) is 0 Å². The van der Waals surface area contributed by atoms with Crippen molar-refractivity contribution in [1.29, 1.82) is 0 Å². The summed E-state index contributed by atoms with van der Waals surface area (Å²) in [6.45, 7) is 0. The van der Waals surface area contributed by atoms with Crippen LogP contribution in [0.15, 0.2) is 205 Å². The monoisotopic (exact) mass is 687 g/mol. The lowest BCUT2D eigenvalue weighted by Gasteiger charge is -2.28. The minimum Gasteiger partial charge on any atom is -0.456 e. The zero-order valence-electron chi connectivity index (χ0n) is 29.4. The Hall–Kier alpha value is -7.16. The largest absolute Gasteiger partial charge is 0.456 e. The van der Waals surface area contributed by atoms with Crippen LogP contribution in [0, 0.1) is 0 Å². The lowest BCUT2D eigenvalue weighted by atomic mass is 9.94. The predicted molar refractivity (Wildman–Crippen MR) is 229 cm³/mol. The average Bonchev–Trinajstić information content (AvgIpc) is 3.63. The van der Waals surface area contributed by atoms with Gasteiger partial charge in [0, 0.05) is 27.7 Å². The quantitative estimate of drug-likeness (QED) is 0.168. The van der Waals surface area contributed by atoms with E-state index in [4.69, 9.17) is 4.42 Å². The van der Waals surface area contributed by atoms with Gasteiger partial charge in [-0.05, 0) is 108 Å². The molecular formula is C52H33NO. The number of rotatable bonds is 5. The average molecular weight is 688 g/mol. The van der Waals surface area contributed by atoms with Gasteiger partial charge in [-0.2, -0.15) is 0 Å². The van der Waals surface area contributed by atoms with Gasteiger partial charge < -0.3 is 9.32 Å². The van der Waals surface area contributed by atoms with Crippen LogP contribution in [0.5, 0.6) is 0 Å². The van der Waals surface area contributed by atoms with Crippen molar-refractivity contribution in [2.75, 3.05) is 4.90 Å². The molecule has 0 N–H and O–H groups in total. The van der Waals surface area contributed by atoms with Crippen LogP contribution in [0.25, 0.3) is 87.3 Å². The maximum absolute atomic E-state index is 6.32. The highest BCUT2D eigenvalue weighted by molar-refractivity contribution is 6.21. The zero-order valence-corrected chi connectivity index (χ0v) is 29.4. The predicted octanol–water partition coefficient (Wildman–Crippen LogP) is 15.0. The van der Waals surface area contributed by atoms with E-state index in [1.54, 1.807) is 0 Å². The minimum atomic E-state index is 0.901. The maximum Gasteiger partial charge on any atom is 0.136 e. The smallest absolute Gasteiger partial charge is 0.136 e. The van der Waals surface area contributed by atoms with Crippen LogP contribution in [-0.4, -0.2) is 0 Å². The first-order valence-electron chi connectivity index (χ1n) is 18.5. The third-order valence-electron chi connectivity index (χ3n) is 11.0. The summed E-state index contributed by atoms with van der Waals surface area (Å²) in [5, 5.41) is 12.3. The van der Waals surface area contributed by atoms with Gasteiger partial charge in [0.2, 0.25) is 0 Å². The summed E-state index contributed by atoms with van der Waals surface area (Å²) in [4.78, 5) is 2.39. The van der Waals surface area contributed by atoms with Crippen LogP contribution in [0.2, 0.25) is 0 Å². The van der Waals surface area contributed by atoms with Gasteiger partial charge in [-0.3, -0.25) is 0 Å². The first-order valence-corrected chi connectivity index (χ1v) is 18.5. The van der Waals surface area contributed by atoms with Gasteiger partial charge in [-0.25, -0.2) is 0 Å². The van der Waals surface area contributed by atoms with Crippen LogP contribution in [0.3, 0.4) is 0 Å². The summed E-state index contributed by atoms with van der Waals surface area (Å²) in [6.07, 6.45) is 0. The van der Waals surface area contributed by atoms with Crippen LogP contribution in [0.1, 0.15) is 0 Å². The fourth-order valence-corrected chi connectivity index (χ4v) is 8.45. The Morgan fingerprint density at radius 2 is 0.944 bits per heavy atom. The van der Waals surface area contributed by atoms with Gasteiger partial charge in [0.1, 0.15) is 11.2 Å². The summed E-state index contributed by atoms with van der Waals surface area (Å²) in [5.74, 6) is 0. The van der Waals surface area contributed by atoms with E-state index in [0.29, 0.717) is 0 Å². The van der Waals surface area contributed by atoms with E-state index in [2.05, 4.69) is 199 Å². The van der Waals surface area contributed by atoms with Crippen molar-refractivity contribution in [3.63, 3.8) is 0 Å². The molecule has 0 spiro atoms. The summed E-state index contributed by atoms with van der Waals surface area (Å²) in [7, 11) is 0. The number of furan rings is 1. The second kappa shape index (κ2) is 12.2. The van der Waals surface area contributed by atoms with E-state index in [9.17, 15) is 0 Å². The normalized spacial score (nSPS) is 11.7. The fourth-order valence-electron chi connectivity index (χ4n) is 8.45. The molecule has 1 heterocycles. The van der Waals surface area contributed by atoms with Crippen LogP contribution >= 0.6 is 0 Å². The molecule has 0 bridgehead atoms. The van der Waals surface area contributed by atoms with Gasteiger partial charge in [0.15, 0.2) is 0 Å². The van der Waals surface area contributed by atoms with Crippen molar-refractivity contribution in [3.05, 3.63) is 200 Å². The number of benzene rings is 10. The number of fused-ring (bicyclic) bond motifs is 10. The van der Waals surface area contributed by atoms with Gasteiger partial charge in [-0.1, -0.05) is 152 Å². The molecule has 2 heteroatoms. The van der Waals surface area contributed by atoms with Crippen molar-refractivity contribution in [3.8, 4) is 22.3 Å².